The number of anilines is 1. The predicted octanol–water partition coefficient (Wildman–Crippen LogP) is 1.22. The monoisotopic (exact) mass is 196 g/mol. The molecule has 0 spiro atoms. The molecule has 0 fully saturated rings. The summed E-state index contributed by atoms with van der Waals surface area (Å²) in [6, 6.07) is 3.56. The number of hydrogen-bond acceptors (Lipinski definition) is 4. The van der Waals surface area contributed by atoms with Crippen LogP contribution in [-0.2, 0) is 16.1 Å². The standard InChI is InChI=1S/C10H16N2O2/c1-2-13-5-6-14-8-10-7-9(11)3-4-12-10/h3-4,7H,2,5-6,8H2,1H3,(H2,11,12). The van der Waals surface area contributed by atoms with E-state index in [0.29, 0.717) is 25.5 Å². The molecule has 0 saturated carbocycles. The van der Waals surface area contributed by atoms with Gasteiger partial charge in [0, 0.05) is 18.5 Å². The third-order valence-electron chi connectivity index (χ3n) is 1.67. The highest BCUT2D eigenvalue weighted by Crippen LogP contribution is 2.03. The number of nitrogens with zero attached hydrogens (tertiary/aromatic N) is 1. The Morgan fingerprint density at radius 2 is 2.14 bits per heavy atom. The number of hydrogen-bond donors (Lipinski definition) is 1. The fourth-order valence-electron chi connectivity index (χ4n) is 1.01. The third kappa shape index (κ3) is 4.20. The average molecular weight is 196 g/mol. The molecule has 1 aromatic heterocycles. The van der Waals surface area contributed by atoms with Crippen LogP contribution in [-0.4, -0.2) is 24.8 Å². The van der Waals surface area contributed by atoms with Gasteiger partial charge in [-0.1, -0.05) is 0 Å². The van der Waals surface area contributed by atoms with E-state index in [1.165, 1.54) is 0 Å². The highest BCUT2D eigenvalue weighted by molar-refractivity contribution is 5.36. The van der Waals surface area contributed by atoms with Crippen LogP contribution in [0.3, 0.4) is 0 Å². The first-order chi connectivity index (χ1) is 6.83. The summed E-state index contributed by atoms with van der Waals surface area (Å²) in [5, 5.41) is 0. The highest BCUT2D eigenvalue weighted by atomic mass is 16.5. The lowest BCUT2D eigenvalue weighted by atomic mass is 10.3. The van der Waals surface area contributed by atoms with Crippen molar-refractivity contribution in [1.29, 1.82) is 0 Å². The molecule has 4 nitrogen and oxygen atoms in total. The van der Waals surface area contributed by atoms with Crippen molar-refractivity contribution in [2.24, 2.45) is 0 Å². The maximum absolute atomic E-state index is 5.59. The second kappa shape index (κ2) is 6.34. The van der Waals surface area contributed by atoms with Crippen molar-refractivity contribution in [2.75, 3.05) is 25.6 Å². The first-order valence-electron chi connectivity index (χ1n) is 4.69. The lowest BCUT2D eigenvalue weighted by Crippen LogP contribution is -2.04. The topological polar surface area (TPSA) is 57.4 Å². The second-order valence-electron chi connectivity index (χ2n) is 2.83. The van der Waals surface area contributed by atoms with Crippen molar-refractivity contribution in [3.05, 3.63) is 24.0 Å². The molecule has 0 radical (unpaired) electrons. The fourth-order valence-corrected chi connectivity index (χ4v) is 1.01. The smallest absolute Gasteiger partial charge is 0.0889 e. The van der Waals surface area contributed by atoms with E-state index in [9.17, 15) is 0 Å². The molecule has 1 aromatic rings. The largest absolute Gasteiger partial charge is 0.399 e. The maximum atomic E-state index is 5.59. The number of nitrogens with two attached hydrogens (primary N) is 1. The Morgan fingerprint density at radius 3 is 2.86 bits per heavy atom. The molecule has 0 aromatic carbocycles. The Bertz CT molecular complexity index is 266. The molecule has 4 heteroatoms. The molecule has 0 aliphatic carbocycles. The van der Waals surface area contributed by atoms with Crippen molar-refractivity contribution < 1.29 is 9.47 Å². The second-order valence-corrected chi connectivity index (χ2v) is 2.83. The maximum Gasteiger partial charge on any atom is 0.0889 e. The minimum absolute atomic E-state index is 0.484. The van der Waals surface area contributed by atoms with Gasteiger partial charge in [0.15, 0.2) is 0 Å². The molecular weight excluding hydrogens is 180 g/mol. The van der Waals surface area contributed by atoms with Gasteiger partial charge in [-0.2, -0.15) is 0 Å². The molecular formula is C10H16N2O2. The average Bonchev–Trinajstić information content (AvgIpc) is 2.18. The summed E-state index contributed by atoms with van der Waals surface area (Å²) in [4.78, 5) is 4.11. The van der Waals surface area contributed by atoms with Gasteiger partial charge in [0.1, 0.15) is 0 Å². The van der Waals surface area contributed by atoms with E-state index in [0.717, 1.165) is 12.3 Å². The summed E-state index contributed by atoms with van der Waals surface area (Å²) in [6.45, 7) is 4.38. The van der Waals surface area contributed by atoms with E-state index in [2.05, 4.69) is 4.98 Å². The molecule has 0 unspecified atom stereocenters. The normalized spacial score (nSPS) is 10.4. The van der Waals surface area contributed by atoms with Crippen LogP contribution < -0.4 is 5.73 Å². The zero-order valence-corrected chi connectivity index (χ0v) is 8.40. The van der Waals surface area contributed by atoms with E-state index >= 15 is 0 Å². The Labute approximate surface area is 84.0 Å². The number of ether oxygens (including phenoxy) is 2. The van der Waals surface area contributed by atoms with E-state index in [-0.39, 0.29) is 0 Å². The number of nitrogen functional groups attached to an aromatic ring is 1. The fraction of sp³-hybridized carbons (Fsp3) is 0.500. The van der Waals surface area contributed by atoms with E-state index in [1.807, 2.05) is 6.92 Å². The zero-order chi connectivity index (χ0) is 10.2. The van der Waals surface area contributed by atoms with E-state index in [4.69, 9.17) is 15.2 Å². The molecule has 78 valence electrons. The van der Waals surface area contributed by atoms with Crippen molar-refractivity contribution in [3.63, 3.8) is 0 Å². The number of rotatable bonds is 6. The Hall–Kier alpha value is -1.13. The molecule has 2 N–H and O–H groups in total. The molecule has 0 amide bonds. The Kier molecular flexibility index (Phi) is 4.96. The molecule has 0 atom stereocenters. The van der Waals surface area contributed by atoms with Gasteiger partial charge < -0.3 is 15.2 Å². The van der Waals surface area contributed by atoms with Gasteiger partial charge in [-0.25, -0.2) is 0 Å². The van der Waals surface area contributed by atoms with Gasteiger partial charge in [0.25, 0.3) is 0 Å². The molecule has 0 bridgehead atoms. The minimum Gasteiger partial charge on any atom is -0.399 e. The van der Waals surface area contributed by atoms with Crippen molar-refractivity contribution in [3.8, 4) is 0 Å². The van der Waals surface area contributed by atoms with Gasteiger partial charge >= 0.3 is 0 Å². The van der Waals surface area contributed by atoms with Crippen molar-refractivity contribution >= 4 is 5.69 Å². The van der Waals surface area contributed by atoms with Gasteiger partial charge in [-0.05, 0) is 19.1 Å². The summed E-state index contributed by atoms with van der Waals surface area (Å²) >= 11 is 0. The highest BCUT2D eigenvalue weighted by Gasteiger charge is 1.95. The van der Waals surface area contributed by atoms with Crippen molar-refractivity contribution in [2.45, 2.75) is 13.5 Å². The van der Waals surface area contributed by atoms with Crippen LogP contribution in [0.5, 0.6) is 0 Å². The third-order valence-corrected chi connectivity index (χ3v) is 1.67. The summed E-state index contributed by atoms with van der Waals surface area (Å²) in [6.07, 6.45) is 1.68. The van der Waals surface area contributed by atoms with Gasteiger partial charge in [0.2, 0.25) is 0 Å². The Morgan fingerprint density at radius 1 is 1.36 bits per heavy atom. The molecule has 14 heavy (non-hydrogen) atoms. The van der Waals surface area contributed by atoms with Crippen LogP contribution in [0, 0.1) is 0 Å². The molecule has 0 aliphatic heterocycles. The van der Waals surface area contributed by atoms with Crippen LogP contribution in [0.2, 0.25) is 0 Å². The minimum atomic E-state index is 0.484. The summed E-state index contributed by atoms with van der Waals surface area (Å²) in [5.74, 6) is 0. The van der Waals surface area contributed by atoms with E-state index < -0.39 is 0 Å². The van der Waals surface area contributed by atoms with Crippen LogP contribution >= 0.6 is 0 Å². The van der Waals surface area contributed by atoms with Crippen LogP contribution in [0.25, 0.3) is 0 Å². The van der Waals surface area contributed by atoms with Gasteiger partial charge in [-0.3, -0.25) is 4.98 Å². The predicted molar refractivity (Wildman–Crippen MR) is 54.8 cm³/mol. The number of aromatic nitrogens is 1. The SMILES string of the molecule is CCOCCOCc1cc(N)ccn1. The molecule has 1 rings (SSSR count). The summed E-state index contributed by atoms with van der Waals surface area (Å²) in [7, 11) is 0. The first-order valence-corrected chi connectivity index (χ1v) is 4.69. The summed E-state index contributed by atoms with van der Waals surface area (Å²) in [5.41, 5.74) is 7.15. The van der Waals surface area contributed by atoms with Gasteiger partial charge in [-0.15, -0.1) is 0 Å². The van der Waals surface area contributed by atoms with Crippen LogP contribution in [0.15, 0.2) is 18.3 Å². The number of pyridine rings is 1. The lowest BCUT2D eigenvalue weighted by Gasteiger charge is -2.04. The van der Waals surface area contributed by atoms with Crippen molar-refractivity contribution in [1.82, 2.24) is 4.98 Å². The Balaban J connectivity index is 2.18. The molecule has 0 aliphatic rings. The first kappa shape index (κ1) is 10.9. The molecule has 0 saturated heterocycles. The lowest BCUT2D eigenvalue weighted by molar-refractivity contribution is 0.0441. The van der Waals surface area contributed by atoms with Gasteiger partial charge in [0.05, 0.1) is 25.5 Å². The van der Waals surface area contributed by atoms with E-state index in [1.54, 1.807) is 18.3 Å². The quantitative estimate of drug-likeness (QED) is 0.695. The molecule has 1 heterocycles. The zero-order valence-electron chi connectivity index (χ0n) is 8.40. The van der Waals surface area contributed by atoms with Crippen LogP contribution in [0.4, 0.5) is 5.69 Å². The summed E-state index contributed by atoms with van der Waals surface area (Å²) < 4.78 is 10.5. The van der Waals surface area contributed by atoms with Crippen LogP contribution in [0.1, 0.15) is 12.6 Å².